The van der Waals surface area contributed by atoms with Gasteiger partial charge in [0.1, 0.15) is 0 Å². The van der Waals surface area contributed by atoms with E-state index in [1.807, 2.05) is 0 Å². The van der Waals surface area contributed by atoms with Gasteiger partial charge in [0, 0.05) is 29.4 Å². The van der Waals surface area contributed by atoms with Crippen LogP contribution in [0.5, 0.6) is 0 Å². The second-order valence-electron chi connectivity index (χ2n) is 7.48. The Morgan fingerprint density at radius 1 is 1.12 bits per heavy atom. The summed E-state index contributed by atoms with van der Waals surface area (Å²) in [7, 11) is 2.27. The second kappa shape index (κ2) is 7.10. The van der Waals surface area contributed by atoms with Gasteiger partial charge < -0.3 is 10.2 Å². The topological polar surface area (TPSA) is 28.2 Å². The second-order valence-corrected chi connectivity index (χ2v) is 7.48. The van der Waals surface area contributed by atoms with Gasteiger partial charge in [-0.3, -0.25) is 4.98 Å². The Kier molecular flexibility index (Phi) is 4.70. The molecule has 3 nitrogen and oxygen atoms in total. The van der Waals surface area contributed by atoms with Crippen molar-refractivity contribution < 1.29 is 0 Å². The summed E-state index contributed by atoms with van der Waals surface area (Å²) in [6.07, 6.45) is 10.2. The maximum Gasteiger partial charge on any atom is 0.0726 e. The summed E-state index contributed by atoms with van der Waals surface area (Å²) in [6.45, 7) is 2.33. The third kappa shape index (κ3) is 3.14. The number of aryl methyl sites for hydroxylation is 1. The number of nitrogens with one attached hydrogen (secondary N) is 1. The Morgan fingerprint density at radius 2 is 2.00 bits per heavy atom. The Bertz CT molecular complexity index is 710. The van der Waals surface area contributed by atoms with Gasteiger partial charge in [0.05, 0.1) is 5.52 Å². The van der Waals surface area contributed by atoms with Crippen molar-refractivity contribution in [3.63, 3.8) is 0 Å². The van der Waals surface area contributed by atoms with E-state index in [0.29, 0.717) is 0 Å². The van der Waals surface area contributed by atoms with E-state index in [4.69, 9.17) is 4.98 Å². The smallest absolute Gasteiger partial charge is 0.0726 e. The molecule has 1 N–H and O–H groups in total. The summed E-state index contributed by atoms with van der Waals surface area (Å²) in [6, 6.07) is 9.40. The molecule has 1 aromatic carbocycles. The van der Waals surface area contributed by atoms with E-state index in [9.17, 15) is 0 Å². The van der Waals surface area contributed by atoms with Gasteiger partial charge in [-0.25, -0.2) is 0 Å². The zero-order chi connectivity index (χ0) is 16.4. The molecule has 2 heterocycles. The fourth-order valence-corrected chi connectivity index (χ4v) is 4.46. The van der Waals surface area contributed by atoms with Crippen LogP contribution in [-0.2, 0) is 12.8 Å². The molecular weight excluding hydrogens is 294 g/mol. The maximum absolute atomic E-state index is 4.99. The Morgan fingerprint density at radius 3 is 2.88 bits per heavy atom. The van der Waals surface area contributed by atoms with Crippen LogP contribution in [0.3, 0.4) is 0 Å². The predicted molar refractivity (Wildman–Crippen MR) is 102 cm³/mol. The molecule has 0 saturated carbocycles. The number of hydrogen-bond donors (Lipinski definition) is 1. The first-order valence-corrected chi connectivity index (χ1v) is 9.67. The van der Waals surface area contributed by atoms with Crippen LogP contribution in [0.2, 0.25) is 0 Å². The van der Waals surface area contributed by atoms with Gasteiger partial charge in [0.2, 0.25) is 0 Å². The van der Waals surface area contributed by atoms with E-state index >= 15 is 0 Å². The zero-order valence-electron chi connectivity index (χ0n) is 14.9. The predicted octanol–water partition coefficient (Wildman–Crippen LogP) is 4.40. The van der Waals surface area contributed by atoms with E-state index in [0.717, 1.165) is 24.5 Å². The van der Waals surface area contributed by atoms with Crippen molar-refractivity contribution in [1.82, 2.24) is 9.88 Å². The zero-order valence-corrected chi connectivity index (χ0v) is 14.9. The van der Waals surface area contributed by atoms with E-state index < -0.39 is 0 Å². The van der Waals surface area contributed by atoms with E-state index in [2.05, 4.69) is 41.5 Å². The van der Waals surface area contributed by atoms with Crippen molar-refractivity contribution in [3.05, 3.63) is 35.5 Å². The van der Waals surface area contributed by atoms with Crippen molar-refractivity contribution in [2.24, 2.45) is 0 Å². The highest BCUT2D eigenvalue weighted by atomic mass is 15.1. The molecule has 1 fully saturated rings. The molecule has 0 radical (unpaired) electrons. The minimum absolute atomic E-state index is 0.754. The first kappa shape index (κ1) is 15.9. The highest BCUT2D eigenvalue weighted by Gasteiger charge is 2.21. The highest BCUT2D eigenvalue weighted by Crippen LogP contribution is 2.33. The van der Waals surface area contributed by atoms with Crippen LogP contribution in [0.1, 0.15) is 49.8 Å². The summed E-state index contributed by atoms with van der Waals surface area (Å²) < 4.78 is 0. The molecule has 0 amide bonds. The van der Waals surface area contributed by atoms with Crippen LogP contribution in [-0.4, -0.2) is 36.1 Å². The van der Waals surface area contributed by atoms with Crippen LogP contribution < -0.4 is 5.32 Å². The Labute approximate surface area is 145 Å². The number of likely N-dealkylation sites (tertiary alicyclic amines) is 1. The van der Waals surface area contributed by atoms with Crippen molar-refractivity contribution >= 4 is 16.6 Å². The van der Waals surface area contributed by atoms with Crippen LogP contribution in [0.25, 0.3) is 10.9 Å². The van der Waals surface area contributed by atoms with Crippen LogP contribution in [0.4, 0.5) is 5.69 Å². The number of aromatic nitrogens is 1. The van der Waals surface area contributed by atoms with Gasteiger partial charge in [-0.15, -0.1) is 0 Å². The summed E-state index contributed by atoms with van der Waals surface area (Å²) in [4.78, 5) is 7.51. The third-order valence-electron chi connectivity index (χ3n) is 5.87. The lowest BCUT2D eigenvalue weighted by atomic mass is 10.0. The average molecular weight is 323 g/mol. The number of para-hydroxylation sites is 1. The summed E-state index contributed by atoms with van der Waals surface area (Å²) in [5.74, 6) is 0. The maximum atomic E-state index is 4.99. The number of benzene rings is 1. The minimum Gasteiger partial charge on any atom is -0.384 e. The monoisotopic (exact) mass is 323 g/mol. The van der Waals surface area contributed by atoms with Crippen molar-refractivity contribution in [1.29, 1.82) is 0 Å². The number of anilines is 1. The first-order chi connectivity index (χ1) is 11.8. The molecule has 0 bridgehead atoms. The standard InChI is InChI=1S/C21H29N3/c1-24-15-7-8-16(24)13-14-22-21-17-9-3-2-4-11-19(17)23-20-12-6-5-10-18(20)21/h5-6,10,12,16H,2-4,7-9,11,13-15H2,1H3,(H,22,23). The largest absolute Gasteiger partial charge is 0.384 e. The molecule has 4 rings (SSSR count). The summed E-state index contributed by atoms with van der Waals surface area (Å²) in [5, 5.41) is 5.13. The SMILES string of the molecule is CN1CCCC1CCNc1c2c(nc3ccccc13)CCCCC2. The number of fused-ring (bicyclic) bond motifs is 2. The lowest BCUT2D eigenvalue weighted by Gasteiger charge is -2.21. The summed E-state index contributed by atoms with van der Waals surface area (Å²) >= 11 is 0. The fourth-order valence-electron chi connectivity index (χ4n) is 4.46. The van der Waals surface area contributed by atoms with Crippen LogP contribution in [0, 0.1) is 0 Å². The third-order valence-corrected chi connectivity index (χ3v) is 5.87. The van der Waals surface area contributed by atoms with Gasteiger partial charge in [0.15, 0.2) is 0 Å². The number of rotatable bonds is 4. The Hall–Kier alpha value is -1.61. The van der Waals surface area contributed by atoms with Gasteiger partial charge in [0.25, 0.3) is 0 Å². The van der Waals surface area contributed by atoms with Crippen molar-refractivity contribution in [2.75, 3.05) is 25.5 Å². The molecule has 2 aromatic rings. The fraction of sp³-hybridized carbons (Fsp3) is 0.571. The van der Waals surface area contributed by atoms with Gasteiger partial charge in [-0.2, -0.15) is 0 Å². The molecular formula is C21H29N3. The lowest BCUT2D eigenvalue weighted by Crippen LogP contribution is -2.27. The molecule has 128 valence electrons. The van der Waals surface area contributed by atoms with E-state index in [1.54, 1.807) is 0 Å². The van der Waals surface area contributed by atoms with E-state index in [1.165, 1.54) is 73.8 Å². The first-order valence-electron chi connectivity index (χ1n) is 9.67. The van der Waals surface area contributed by atoms with Gasteiger partial charge in [-0.05, 0) is 70.2 Å². The van der Waals surface area contributed by atoms with Crippen molar-refractivity contribution in [2.45, 2.75) is 57.4 Å². The average Bonchev–Trinajstić information content (AvgIpc) is 2.86. The molecule has 3 heteroatoms. The van der Waals surface area contributed by atoms with E-state index in [-0.39, 0.29) is 0 Å². The number of pyridine rings is 1. The highest BCUT2D eigenvalue weighted by molar-refractivity contribution is 5.93. The molecule has 1 atom stereocenters. The van der Waals surface area contributed by atoms with Crippen LogP contribution in [0.15, 0.2) is 24.3 Å². The van der Waals surface area contributed by atoms with Crippen LogP contribution >= 0.6 is 0 Å². The molecule has 1 unspecified atom stereocenters. The minimum atomic E-state index is 0.754. The van der Waals surface area contributed by atoms with Gasteiger partial charge >= 0.3 is 0 Å². The van der Waals surface area contributed by atoms with Gasteiger partial charge in [-0.1, -0.05) is 24.6 Å². The summed E-state index contributed by atoms with van der Waals surface area (Å²) in [5.41, 5.74) is 5.36. The quantitative estimate of drug-likeness (QED) is 0.845. The molecule has 0 spiro atoms. The number of nitrogens with zero attached hydrogens (tertiary/aromatic N) is 2. The molecule has 1 aliphatic heterocycles. The van der Waals surface area contributed by atoms with Crippen molar-refractivity contribution in [3.8, 4) is 0 Å². The molecule has 2 aliphatic rings. The Balaban J connectivity index is 1.61. The molecule has 1 saturated heterocycles. The lowest BCUT2D eigenvalue weighted by molar-refractivity contribution is 0.301. The molecule has 1 aromatic heterocycles. The number of hydrogen-bond acceptors (Lipinski definition) is 3. The molecule has 24 heavy (non-hydrogen) atoms. The molecule has 1 aliphatic carbocycles. The normalized spacial score (nSPS) is 21.6.